The van der Waals surface area contributed by atoms with Crippen molar-refractivity contribution < 1.29 is 4.79 Å². The van der Waals surface area contributed by atoms with Crippen LogP contribution in [0.25, 0.3) is 11.3 Å². The molecule has 0 aliphatic carbocycles. The fourth-order valence-corrected chi connectivity index (χ4v) is 4.96. The second-order valence-electron chi connectivity index (χ2n) is 10.6. The van der Waals surface area contributed by atoms with Crippen LogP contribution < -0.4 is 21.3 Å². The molecule has 3 aromatic rings. The van der Waals surface area contributed by atoms with Gasteiger partial charge in [0.2, 0.25) is 0 Å². The van der Waals surface area contributed by atoms with Crippen molar-refractivity contribution in [3.63, 3.8) is 0 Å². The lowest BCUT2D eigenvalue weighted by atomic mass is 10.0. The number of amides is 1. The lowest BCUT2D eigenvalue weighted by Gasteiger charge is -2.23. The highest BCUT2D eigenvalue weighted by Gasteiger charge is 2.29. The summed E-state index contributed by atoms with van der Waals surface area (Å²) < 4.78 is 0. The van der Waals surface area contributed by atoms with E-state index in [1.54, 1.807) is 0 Å². The maximum absolute atomic E-state index is 13.5. The lowest BCUT2D eigenvalue weighted by Crippen LogP contribution is -2.38. The molecular formula is C30H40N6O2. The second kappa shape index (κ2) is 11.9. The number of carbonyl (C=O) groups excluding carboxylic acids is 1. The van der Waals surface area contributed by atoms with E-state index in [0.717, 1.165) is 47.0 Å². The first-order valence-electron chi connectivity index (χ1n) is 13.5. The van der Waals surface area contributed by atoms with Gasteiger partial charge in [-0.3, -0.25) is 14.6 Å². The van der Waals surface area contributed by atoms with Gasteiger partial charge in [-0.15, -0.1) is 0 Å². The molecule has 202 valence electrons. The molecule has 0 unspecified atom stereocenters. The Hall–Kier alpha value is -3.49. The van der Waals surface area contributed by atoms with E-state index in [1.165, 1.54) is 18.4 Å². The maximum Gasteiger partial charge on any atom is 0.253 e. The van der Waals surface area contributed by atoms with Crippen molar-refractivity contribution in [3.05, 3.63) is 80.3 Å². The number of fused-ring (bicyclic) bond motifs is 1. The van der Waals surface area contributed by atoms with Gasteiger partial charge in [-0.05, 0) is 77.0 Å². The van der Waals surface area contributed by atoms with Crippen molar-refractivity contribution in [2.75, 3.05) is 18.6 Å². The molecule has 0 saturated heterocycles. The number of carbonyl (C=O) groups is 1. The standard InChI is InChI=1S/C30H40N6O2/c1-7-8-12-35(6)18-22-10-9-11-23(14-22)27-15-24(26-17-32-36(19(2)3)28(26)34-27)29(37)31-16-25-20(4)13-21(5)33-30(25)38/h9-11,13-15,19,32H,7-8,12,16-18H2,1-6H3,(H,31,37)(H,33,38). The highest BCUT2D eigenvalue weighted by atomic mass is 16.2. The van der Waals surface area contributed by atoms with Crippen molar-refractivity contribution >= 4 is 11.7 Å². The number of nitrogens with zero attached hydrogens (tertiary/aromatic N) is 3. The van der Waals surface area contributed by atoms with Crippen LogP contribution in [0.4, 0.5) is 5.82 Å². The summed E-state index contributed by atoms with van der Waals surface area (Å²) in [5.74, 6) is 0.560. The normalized spacial score (nSPS) is 12.9. The summed E-state index contributed by atoms with van der Waals surface area (Å²) in [6, 6.07) is 12.4. The summed E-state index contributed by atoms with van der Waals surface area (Å²) in [6.45, 7) is 12.7. The average Bonchev–Trinajstić information content (AvgIpc) is 3.30. The van der Waals surface area contributed by atoms with E-state index in [1.807, 2.05) is 37.1 Å². The van der Waals surface area contributed by atoms with Crippen LogP contribution in [0.2, 0.25) is 0 Å². The topological polar surface area (TPSA) is 93.4 Å². The molecule has 1 aliphatic rings. The Bertz CT molecular complexity index is 1360. The predicted molar refractivity (Wildman–Crippen MR) is 153 cm³/mol. The minimum absolute atomic E-state index is 0.160. The Morgan fingerprint density at radius 2 is 2.00 bits per heavy atom. The molecule has 0 spiro atoms. The van der Waals surface area contributed by atoms with Crippen molar-refractivity contribution in [2.45, 2.75) is 73.1 Å². The molecule has 3 N–H and O–H groups in total. The Kier molecular flexibility index (Phi) is 8.64. The molecular weight excluding hydrogens is 476 g/mol. The van der Waals surface area contributed by atoms with E-state index in [0.29, 0.717) is 17.7 Å². The Morgan fingerprint density at radius 3 is 2.71 bits per heavy atom. The Labute approximate surface area is 225 Å². The van der Waals surface area contributed by atoms with Crippen LogP contribution in [0.3, 0.4) is 0 Å². The SMILES string of the molecule is CCCCN(C)Cc1cccc(-c2cc(C(=O)NCc3c(C)cc(C)[nH]c3=O)c3c(n2)N(C(C)C)NC3)c1. The van der Waals surface area contributed by atoms with Gasteiger partial charge in [0.25, 0.3) is 11.5 Å². The first-order chi connectivity index (χ1) is 18.2. The van der Waals surface area contributed by atoms with Gasteiger partial charge in [-0.2, -0.15) is 0 Å². The number of hydrogen-bond donors (Lipinski definition) is 3. The fraction of sp³-hybridized carbons (Fsp3) is 0.433. The maximum atomic E-state index is 13.5. The smallest absolute Gasteiger partial charge is 0.253 e. The van der Waals surface area contributed by atoms with E-state index in [2.05, 4.69) is 66.6 Å². The van der Waals surface area contributed by atoms with Crippen LogP contribution in [-0.4, -0.2) is 40.4 Å². The summed E-state index contributed by atoms with van der Waals surface area (Å²) in [7, 11) is 2.14. The third-order valence-corrected chi connectivity index (χ3v) is 7.01. The number of aryl methyl sites for hydroxylation is 2. The third-order valence-electron chi connectivity index (χ3n) is 7.01. The summed E-state index contributed by atoms with van der Waals surface area (Å²) in [4.78, 5) is 36.2. The zero-order valence-corrected chi connectivity index (χ0v) is 23.4. The molecule has 0 radical (unpaired) electrons. The van der Waals surface area contributed by atoms with Gasteiger partial charge in [0.1, 0.15) is 5.82 Å². The number of H-pyrrole nitrogens is 1. The average molecular weight is 517 g/mol. The monoisotopic (exact) mass is 516 g/mol. The van der Waals surface area contributed by atoms with E-state index in [9.17, 15) is 9.59 Å². The van der Waals surface area contributed by atoms with Gasteiger partial charge < -0.3 is 15.2 Å². The summed E-state index contributed by atoms with van der Waals surface area (Å²) in [6.07, 6.45) is 2.35. The summed E-state index contributed by atoms with van der Waals surface area (Å²) in [5.41, 5.74) is 9.83. The molecule has 38 heavy (non-hydrogen) atoms. The van der Waals surface area contributed by atoms with E-state index >= 15 is 0 Å². The molecule has 3 heterocycles. The van der Waals surface area contributed by atoms with E-state index < -0.39 is 0 Å². The molecule has 2 aromatic heterocycles. The van der Waals surface area contributed by atoms with Gasteiger partial charge in [0.15, 0.2) is 0 Å². The zero-order chi connectivity index (χ0) is 27.4. The van der Waals surface area contributed by atoms with Gasteiger partial charge >= 0.3 is 0 Å². The number of unbranched alkanes of at least 4 members (excludes halogenated alkanes) is 1. The van der Waals surface area contributed by atoms with Crippen LogP contribution in [0.1, 0.15) is 71.9 Å². The third kappa shape index (κ3) is 6.14. The van der Waals surface area contributed by atoms with Crippen LogP contribution >= 0.6 is 0 Å². The fourth-order valence-electron chi connectivity index (χ4n) is 4.96. The molecule has 8 nitrogen and oxygen atoms in total. The minimum Gasteiger partial charge on any atom is -0.348 e. The van der Waals surface area contributed by atoms with Gasteiger partial charge in [0, 0.05) is 53.6 Å². The molecule has 0 atom stereocenters. The molecule has 0 fully saturated rings. The van der Waals surface area contributed by atoms with Crippen LogP contribution in [-0.2, 0) is 19.6 Å². The first-order valence-corrected chi connectivity index (χ1v) is 13.5. The molecule has 1 amide bonds. The molecule has 8 heteroatoms. The molecule has 4 rings (SSSR count). The summed E-state index contributed by atoms with van der Waals surface area (Å²) in [5, 5.41) is 5.01. The number of aromatic amines is 1. The molecule has 0 saturated carbocycles. The Morgan fingerprint density at radius 1 is 1.21 bits per heavy atom. The van der Waals surface area contributed by atoms with E-state index in [4.69, 9.17) is 4.98 Å². The number of aromatic nitrogens is 2. The van der Waals surface area contributed by atoms with Crippen molar-refractivity contribution in [3.8, 4) is 11.3 Å². The zero-order valence-electron chi connectivity index (χ0n) is 23.4. The number of rotatable bonds is 10. The summed E-state index contributed by atoms with van der Waals surface area (Å²) >= 11 is 0. The molecule has 1 aliphatic heterocycles. The van der Waals surface area contributed by atoms with Crippen molar-refractivity contribution in [2.24, 2.45) is 0 Å². The highest BCUT2D eigenvalue weighted by Crippen LogP contribution is 2.32. The number of anilines is 1. The van der Waals surface area contributed by atoms with Crippen LogP contribution in [0.15, 0.2) is 41.2 Å². The van der Waals surface area contributed by atoms with Gasteiger partial charge in [-0.25, -0.2) is 10.4 Å². The number of pyridine rings is 2. The molecule has 1 aromatic carbocycles. The van der Waals surface area contributed by atoms with Crippen molar-refractivity contribution in [1.29, 1.82) is 0 Å². The quantitative estimate of drug-likeness (QED) is 0.369. The van der Waals surface area contributed by atoms with E-state index in [-0.39, 0.29) is 24.1 Å². The van der Waals surface area contributed by atoms with Crippen LogP contribution in [0.5, 0.6) is 0 Å². The van der Waals surface area contributed by atoms with Gasteiger partial charge in [0.05, 0.1) is 5.69 Å². The van der Waals surface area contributed by atoms with Crippen LogP contribution in [0, 0.1) is 13.8 Å². The highest BCUT2D eigenvalue weighted by molar-refractivity contribution is 5.98. The second-order valence-corrected chi connectivity index (χ2v) is 10.6. The predicted octanol–water partition coefficient (Wildman–Crippen LogP) is 4.45. The Balaban J connectivity index is 1.67. The minimum atomic E-state index is -0.216. The number of nitrogens with one attached hydrogen (secondary N) is 3. The number of benzene rings is 1. The first kappa shape index (κ1) is 27.5. The molecule has 0 bridgehead atoms. The number of hydrogen-bond acceptors (Lipinski definition) is 6. The van der Waals surface area contributed by atoms with Gasteiger partial charge in [-0.1, -0.05) is 31.5 Å². The largest absolute Gasteiger partial charge is 0.348 e. The lowest BCUT2D eigenvalue weighted by molar-refractivity contribution is 0.0950. The van der Waals surface area contributed by atoms with Crippen molar-refractivity contribution in [1.82, 2.24) is 25.6 Å². The number of hydrazine groups is 1.